The predicted molar refractivity (Wildman–Crippen MR) is 95.0 cm³/mol. The van der Waals surface area contributed by atoms with Crippen molar-refractivity contribution in [3.63, 3.8) is 0 Å². The molecule has 1 aromatic rings. The van der Waals surface area contributed by atoms with Crippen LogP contribution in [0.3, 0.4) is 0 Å². The van der Waals surface area contributed by atoms with Gasteiger partial charge in [-0.2, -0.15) is 5.26 Å². The predicted octanol–water partition coefficient (Wildman–Crippen LogP) is 1.47. The van der Waals surface area contributed by atoms with Crippen LogP contribution < -0.4 is 4.72 Å². The molecule has 0 aromatic heterocycles. The van der Waals surface area contributed by atoms with Gasteiger partial charge in [-0.25, -0.2) is 13.1 Å². The number of carbonyl (C=O) groups is 1. The fourth-order valence-electron chi connectivity index (χ4n) is 3.43. The Morgan fingerprint density at radius 1 is 1.38 bits per heavy atom. The second-order valence-electron chi connectivity index (χ2n) is 7.30. The lowest BCUT2D eigenvalue weighted by Crippen LogP contribution is -2.55. The minimum atomic E-state index is -3.65. The number of hydrogen-bond acceptors (Lipinski definition) is 5. The maximum absolute atomic E-state index is 12.6. The van der Waals surface area contributed by atoms with E-state index in [1.54, 1.807) is 13.0 Å². The summed E-state index contributed by atoms with van der Waals surface area (Å²) >= 11 is 0. The van der Waals surface area contributed by atoms with Crippen LogP contribution in [0.5, 0.6) is 0 Å². The molecular weight excluding hydrogens is 354 g/mol. The topological polar surface area (TPSA) is 110 Å². The second kappa shape index (κ2) is 7.35. The zero-order chi connectivity index (χ0) is 18.9. The van der Waals surface area contributed by atoms with E-state index in [0.717, 1.165) is 19.4 Å². The molecule has 140 valence electrons. The standard InChI is InChI=1S/C18H23N3O4S/c1-12-6-14(9-19)4-5-17(12)26(24,25)20-15-7-16(8-15)21(11-18(22)23)10-13-2-3-13/h4-6,13,15-16,20H,2-3,7-8,10-11H2,1H3,(H,22,23). The van der Waals surface area contributed by atoms with Crippen molar-refractivity contribution in [1.29, 1.82) is 5.26 Å². The molecule has 0 bridgehead atoms. The number of hydrogen-bond donors (Lipinski definition) is 2. The molecule has 0 saturated heterocycles. The van der Waals surface area contributed by atoms with E-state index in [2.05, 4.69) is 4.72 Å². The Morgan fingerprint density at radius 3 is 2.62 bits per heavy atom. The second-order valence-corrected chi connectivity index (χ2v) is 8.98. The van der Waals surface area contributed by atoms with Crippen LogP contribution in [-0.2, 0) is 14.8 Å². The van der Waals surface area contributed by atoms with Gasteiger partial charge >= 0.3 is 5.97 Å². The van der Waals surface area contributed by atoms with E-state index < -0.39 is 16.0 Å². The number of nitriles is 1. The number of rotatable bonds is 8. The lowest BCUT2D eigenvalue weighted by atomic mass is 9.86. The van der Waals surface area contributed by atoms with Gasteiger partial charge in [-0.1, -0.05) is 0 Å². The molecule has 0 atom stereocenters. The Morgan fingerprint density at radius 2 is 2.08 bits per heavy atom. The fourth-order valence-corrected chi connectivity index (χ4v) is 4.92. The zero-order valence-corrected chi connectivity index (χ0v) is 15.5. The highest BCUT2D eigenvalue weighted by Crippen LogP contribution is 2.34. The summed E-state index contributed by atoms with van der Waals surface area (Å²) < 4.78 is 27.9. The van der Waals surface area contributed by atoms with Gasteiger partial charge in [-0.15, -0.1) is 0 Å². The first kappa shape index (κ1) is 18.8. The molecule has 0 heterocycles. The summed E-state index contributed by atoms with van der Waals surface area (Å²) in [5.74, 6) is -0.255. The van der Waals surface area contributed by atoms with Crippen LogP contribution >= 0.6 is 0 Å². The molecule has 0 aliphatic heterocycles. The molecule has 0 unspecified atom stereocenters. The van der Waals surface area contributed by atoms with Crippen LogP contribution in [0.25, 0.3) is 0 Å². The molecule has 0 radical (unpaired) electrons. The number of carboxylic acids is 1. The van der Waals surface area contributed by atoms with Crippen LogP contribution in [0.4, 0.5) is 0 Å². The van der Waals surface area contributed by atoms with Crippen molar-refractivity contribution in [2.75, 3.05) is 13.1 Å². The molecule has 2 aliphatic rings. The molecule has 2 aliphatic carbocycles. The molecular formula is C18H23N3O4S. The summed E-state index contributed by atoms with van der Waals surface area (Å²) in [6.45, 7) is 2.46. The number of nitrogens with one attached hydrogen (secondary N) is 1. The van der Waals surface area contributed by atoms with Gasteiger partial charge in [0.2, 0.25) is 10.0 Å². The minimum Gasteiger partial charge on any atom is -0.480 e. The number of aliphatic carboxylic acids is 1. The first-order valence-electron chi connectivity index (χ1n) is 8.77. The van der Waals surface area contributed by atoms with E-state index in [0.29, 0.717) is 29.9 Å². The van der Waals surface area contributed by atoms with Crippen LogP contribution in [-0.4, -0.2) is 49.6 Å². The third-order valence-corrected chi connectivity index (χ3v) is 6.75. The summed E-state index contributed by atoms with van der Waals surface area (Å²) in [5, 5.41) is 18.0. The highest BCUT2D eigenvalue weighted by molar-refractivity contribution is 7.89. The summed E-state index contributed by atoms with van der Waals surface area (Å²) in [6.07, 6.45) is 3.54. The number of carboxylic acid groups (broad SMARTS) is 1. The zero-order valence-electron chi connectivity index (χ0n) is 14.7. The van der Waals surface area contributed by atoms with Gasteiger partial charge in [-0.05, 0) is 62.3 Å². The molecule has 0 spiro atoms. The van der Waals surface area contributed by atoms with Gasteiger partial charge in [0.1, 0.15) is 0 Å². The maximum Gasteiger partial charge on any atom is 0.317 e. The van der Waals surface area contributed by atoms with E-state index in [1.807, 2.05) is 11.0 Å². The molecule has 3 rings (SSSR count). The Bertz CT molecular complexity index is 836. The van der Waals surface area contributed by atoms with Crippen LogP contribution in [0, 0.1) is 24.2 Å². The molecule has 8 heteroatoms. The molecule has 2 saturated carbocycles. The molecule has 2 fully saturated rings. The van der Waals surface area contributed by atoms with Gasteiger partial charge in [0.25, 0.3) is 0 Å². The van der Waals surface area contributed by atoms with Gasteiger partial charge in [0.15, 0.2) is 0 Å². The minimum absolute atomic E-state index is 0.00929. The Hall–Kier alpha value is -1.95. The quantitative estimate of drug-likeness (QED) is 0.710. The Labute approximate surface area is 153 Å². The molecule has 7 nitrogen and oxygen atoms in total. The van der Waals surface area contributed by atoms with Gasteiger partial charge in [0.05, 0.1) is 23.1 Å². The van der Waals surface area contributed by atoms with Crippen molar-refractivity contribution in [2.45, 2.75) is 49.6 Å². The van der Waals surface area contributed by atoms with E-state index in [1.165, 1.54) is 12.1 Å². The third-order valence-electron chi connectivity index (χ3n) is 5.07. The third kappa shape index (κ3) is 4.41. The Balaban J connectivity index is 1.60. The van der Waals surface area contributed by atoms with E-state index in [-0.39, 0.29) is 23.5 Å². The van der Waals surface area contributed by atoms with Gasteiger partial charge in [-0.3, -0.25) is 9.69 Å². The molecule has 0 amide bonds. The van der Waals surface area contributed by atoms with Gasteiger partial charge < -0.3 is 5.11 Å². The van der Waals surface area contributed by atoms with E-state index in [9.17, 15) is 13.2 Å². The van der Waals surface area contributed by atoms with E-state index in [4.69, 9.17) is 10.4 Å². The van der Waals surface area contributed by atoms with Crippen LogP contribution in [0.2, 0.25) is 0 Å². The van der Waals surface area contributed by atoms with Gasteiger partial charge in [0, 0.05) is 18.6 Å². The van der Waals surface area contributed by atoms with Crippen molar-refractivity contribution in [2.24, 2.45) is 5.92 Å². The summed E-state index contributed by atoms with van der Waals surface area (Å²) in [6, 6.07) is 6.43. The normalized spacial score (nSPS) is 22.7. The average molecular weight is 377 g/mol. The SMILES string of the molecule is Cc1cc(C#N)ccc1S(=O)(=O)NC1CC(N(CC(=O)O)CC2CC2)C1. The maximum atomic E-state index is 12.6. The summed E-state index contributed by atoms with van der Waals surface area (Å²) in [7, 11) is -3.65. The van der Waals surface area contributed by atoms with Crippen LogP contribution in [0.1, 0.15) is 36.8 Å². The van der Waals surface area contributed by atoms with Crippen molar-refractivity contribution >= 4 is 16.0 Å². The van der Waals surface area contributed by atoms with E-state index >= 15 is 0 Å². The van der Waals surface area contributed by atoms with Crippen LogP contribution in [0.15, 0.2) is 23.1 Å². The lowest BCUT2D eigenvalue weighted by molar-refractivity contribution is -0.139. The highest BCUT2D eigenvalue weighted by Gasteiger charge is 2.39. The highest BCUT2D eigenvalue weighted by atomic mass is 32.2. The Kier molecular flexibility index (Phi) is 5.32. The molecule has 1 aromatic carbocycles. The summed E-state index contributed by atoms with van der Waals surface area (Å²) in [4.78, 5) is 13.2. The molecule has 26 heavy (non-hydrogen) atoms. The average Bonchev–Trinajstić information content (AvgIpc) is 3.33. The molecule has 2 N–H and O–H groups in total. The smallest absolute Gasteiger partial charge is 0.317 e. The van der Waals surface area contributed by atoms with Crippen molar-refractivity contribution in [1.82, 2.24) is 9.62 Å². The first-order chi connectivity index (χ1) is 12.3. The number of sulfonamides is 1. The lowest BCUT2D eigenvalue weighted by Gasteiger charge is -2.42. The number of nitrogens with zero attached hydrogens (tertiary/aromatic N) is 2. The number of benzene rings is 1. The van der Waals surface area contributed by atoms with Crippen molar-refractivity contribution < 1.29 is 18.3 Å². The first-order valence-corrected chi connectivity index (χ1v) is 10.3. The monoisotopic (exact) mass is 377 g/mol. The van der Waals surface area contributed by atoms with Crippen molar-refractivity contribution in [3.05, 3.63) is 29.3 Å². The summed E-state index contributed by atoms with van der Waals surface area (Å²) in [5.41, 5.74) is 0.961. The number of aryl methyl sites for hydroxylation is 1. The largest absolute Gasteiger partial charge is 0.480 e. The fraction of sp³-hybridized carbons (Fsp3) is 0.556. The van der Waals surface area contributed by atoms with Crippen molar-refractivity contribution in [3.8, 4) is 6.07 Å².